The number of methoxy groups -OCH3 is 1. The third-order valence-corrected chi connectivity index (χ3v) is 3.13. The van der Waals surface area contributed by atoms with E-state index < -0.39 is 0 Å². The molecule has 1 aromatic rings. The lowest BCUT2D eigenvalue weighted by Gasteiger charge is -2.35. The maximum atomic E-state index is 12.8. The Morgan fingerprint density at radius 1 is 1.21 bits per heavy atom. The predicted octanol–water partition coefficient (Wildman–Crippen LogP) is 1.63. The summed E-state index contributed by atoms with van der Waals surface area (Å²) in [6.45, 7) is 3.34. The lowest BCUT2D eigenvalue weighted by molar-refractivity contribution is -0.134. The van der Waals surface area contributed by atoms with Gasteiger partial charge in [0.2, 0.25) is 0 Å². The third-order valence-electron chi connectivity index (χ3n) is 3.13. The molecule has 0 N–H and O–H groups in total. The first-order chi connectivity index (χ1) is 9.19. The third kappa shape index (κ3) is 3.71. The molecule has 4 nitrogen and oxygen atoms in total. The highest BCUT2D eigenvalue weighted by Crippen LogP contribution is 2.16. The smallest absolute Gasteiger partial charge is 0.331 e. The number of anilines is 1. The Kier molecular flexibility index (Phi) is 4.39. The average molecular weight is 264 g/mol. The SMILES string of the molecule is COC(=O)C=CN1CCN(c2ccc(F)cc2)CC1. The molecule has 0 unspecified atom stereocenters. The molecule has 0 aromatic heterocycles. The van der Waals surface area contributed by atoms with Gasteiger partial charge in [0, 0.05) is 44.1 Å². The number of halogens is 1. The Labute approximate surface area is 112 Å². The van der Waals surface area contributed by atoms with Crippen molar-refractivity contribution < 1.29 is 13.9 Å². The van der Waals surface area contributed by atoms with E-state index in [2.05, 4.69) is 14.5 Å². The van der Waals surface area contributed by atoms with E-state index in [9.17, 15) is 9.18 Å². The van der Waals surface area contributed by atoms with E-state index in [1.165, 1.54) is 25.3 Å². The standard InChI is InChI=1S/C14H17FN2O2/c1-19-14(18)6-7-16-8-10-17(11-9-16)13-4-2-12(15)3-5-13/h2-7H,8-11H2,1H3. The van der Waals surface area contributed by atoms with Crippen LogP contribution in [-0.4, -0.2) is 44.2 Å². The number of hydrogen-bond donors (Lipinski definition) is 0. The first kappa shape index (κ1) is 13.4. The summed E-state index contributed by atoms with van der Waals surface area (Å²) in [6, 6.07) is 6.52. The number of benzene rings is 1. The summed E-state index contributed by atoms with van der Waals surface area (Å²) in [5.41, 5.74) is 1.03. The number of esters is 1. The monoisotopic (exact) mass is 264 g/mol. The summed E-state index contributed by atoms with van der Waals surface area (Å²) in [4.78, 5) is 15.3. The number of hydrogen-bond acceptors (Lipinski definition) is 4. The van der Waals surface area contributed by atoms with E-state index in [1.807, 2.05) is 0 Å². The second kappa shape index (κ2) is 6.22. The van der Waals surface area contributed by atoms with Crippen LogP contribution in [0.5, 0.6) is 0 Å². The Balaban J connectivity index is 1.87. The Hall–Kier alpha value is -2.04. The predicted molar refractivity (Wildman–Crippen MR) is 71.3 cm³/mol. The summed E-state index contributed by atoms with van der Waals surface area (Å²) in [7, 11) is 1.36. The van der Waals surface area contributed by atoms with E-state index in [-0.39, 0.29) is 11.8 Å². The molecule has 2 rings (SSSR count). The highest BCUT2D eigenvalue weighted by Gasteiger charge is 2.14. The number of nitrogens with zero attached hydrogens (tertiary/aromatic N) is 2. The Morgan fingerprint density at radius 3 is 2.42 bits per heavy atom. The van der Waals surface area contributed by atoms with Crippen LogP contribution in [-0.2, 0) is 9.53 Å². The minimum absolute atomic E-state index is 0.219. The average Bonchev–Trinajstić information content (AvgIpc) is 2.46. The second-order valence-corrected chi connectivity index (χ2v) is 4.34. The van der Waals surface area contributed by atoms with Gasteiger partial charge in [0.25, 0.3) is 0 Å². The summed E-state index contributed by atoms with van der Waals surface area (Å²) in [5.74, 6) is -0.565. The summed E-state index contributed by atoms with van der Waals surface area (Å²) >= 11 is 0. The van der Waals surface area contributed by atoms with Gasteiger partial charge >= 0.3 is 5.97 Å². The molecular weight excluding hydrogens is 247 g/mol. The molecule has 0 amide bonds. The highest BCUT2D eigenvalue weighted by molar-refractivity contribution is 5.81. The van der Waals surface area contributed by atoms with Gasteiger partial charge in [-0.2, -0.15) is 0 Å². The van der Waals surface area contributed by atoms with Crippen LogP contribution in [0.25, 0.3) is 0 Å². The van der Waals surface area contributed by atoms with Gasteiger partial charge in [0.05, 0.1) is 7.11 Å². The van der Waals surface area contributed by atoms with E-state index in [1.54, 1.807) is 18.3 Å². The summed E-state index contributed by atoms with van der Waals surface area (Å²) in [6.07, 6.45) is 3.18. The van der Waals surface area contributed by atoms with Crippen molar-refractivity contribution in [2.75, 3.05) is 38.2 Å². The molecule has 0 saturated carbocycles. The molecule has 0 aliphatic carbocycles. The normalized spacial score (nSPS) is 15.9. The Bertz CT molecular complexity index is 451. The van der Waals surface area contributed by atoms with Crippen LogP contribution < -0.4 is 4.90 Å². The van der Waals surface area contributed by atoms with Gasteiger partial charge in [0.15, 0.2) is 0 Å². The zero-order valence-electron chi connectivity index (χ0n) is 10.9. The van der Waals surface area contributed by atoms with E-state index in [0.717, 1.165) is 31.9 Å². The molecule has 0 bridgehead atoms. The minimum Gasteiger partial charge on any atom is -0.466 e. The van der Waals surface area contributed by atoms with Crippen molar-refractivity contribution in [3.63, 3.8) is 0 Å². The molecule has 0 spiro atoms. The fourth-order valence-corrected chi connectivity index (χ4v) is 2.02. The maximum Gasteiger partial charge on any atom is 0.331 e. The number of piperazine rings is 1. The number of rotatable bonds is 3. The Morgan fingerprint density at radius 2 is 1.84 bits per heavy atom. The van der Waals surface area contributed by atoms with Crippen LogP contribution in [0.2, 0.25) is 0 Å². The zero-order valence-corrected chi connectivity index (χ0v) is 10.9. The van der Waals surface area contributed by atoms with Crippen LogP contribution in [0.4, 0.5) is 10.1 Å². The molecule has 1 aliphatic rings. The van der Waals surface area contributed by atoms with Gasteiger partial charge in [0.1, 0.15) is 5.82 Å². The van der Waals surface area contributed by atoms with Crippen molar-refractivity contribution in [2.45, 2.75) is 0 Å². The van der Waals surface area contributed by atoms with Crippen molar-refractivity contribution in [3.8, 4) is 0 Å². The lowest BCUT2D eigenvalue weighted by atomic mass is 10.2. The number of carbonyl (C=O) groups is 1. The summed E-state index contributed by atoms with van der Waals surface area (Å²) in [5, 5.41) is 0. The molecule has 1 heterocycles. The van der Waals surface area contributed by atoms with E-state index in [0.29, 0.717) is 0 Å². The molecule has 0 radical (unpaired) electrons. The van der Waals surface area contributed by atoms with Gasteiger partial charge in [-0.15, -0.1) is 0 Å². The first-order valence-electron chi connectivity index (χ1n) is 6.20. The van der Waals surface area contributed by atoms with Crippen molar-refractivity contribution in [1.82, 2.24) is 4.90 Å². The topological polar surface area (TPSA) is 32.8 Å². The van der Waals surface area contributed by atoms with Gasteiger partial charge in [-0.25, -0.2) is 9.18 Å². The fourth-order valence-electron chi connectivity index (χ4n) is 2.02. The molecule has 5 heteroatoms. The van der Waals surface area contributed by atoms with Crippen molar-refractivity contribution in [2.24, 2.45) is 0 Å². The van der Waals surface area contributed by atoms with Crippen LogP contribution in [0.15, 0.2) is 36.5 Å². The van der Waals surface area contributed by atoms with Crippen LogP contribution >= 0.6 is 0 Å². The number of ether oxygens (including phenoxy) is 1. The van der Waals surface area contributed by atoms with Gasteiger partial charge in [-0.3, -0.25) is 0 Å². The molecule has 1 aromatic carbocycles. The van der Waals surface area contributed by atoms with Crippen molar-refractivity contribution in [3.05, 3.63) is 42.4 Å². The molecule has 1 fully saturated rings. The molecule has 1 aliphatic heterocycles. The van der Waals surface area contributed by atoms with E-state index in [4.69, 9.17) is 0 Å². The fraction of sp³-hybridized carbons (Fsp3) is 0.357. The van der Waals surface area contributed by atoms with Crippen LogP contribution in [0.3, 0.4) is 0 Å². The molecular formula is C14H17FN2O2. The van der Waals surface area contributed by atoms with E-state index >= 15 is 0 Å². The molecule has 0 atom stereocenters. The summed E-state index contributed by atoms with van der Waals surface area (Å²) < 4.78 is 17.4. The second-order valence-electron chi connectivity index (χ2n) is 4.34. The van der Waals surface area contributed by atoms with Crippen molar-refractivity contribution in [1.29, 1.82) is 0 Å². The van der Waals surface area contributed by atoms with Crippen molar-refractivity contribution >= 4 is 11.7 Å². The largest absolute Gasteiger partial charge is 0.466 e. The maximum absolute atomic E-state index is 12.8. The number of carbonyl (C=O) groups excluding carboxylic acids is 1. The lowest BCUT2D eigenvalue weighted by Crippen LogP contribution is -2.44. The molecule has 102 valence electrons. The minimum atomic E-state index is -0.346. The quantitative estimate of drug-likeness (QED) is 0.613. The molecule has 1 saturated heterocycles. The van der Waals surface area contributed by atoms with Crippen LogP contribution in [0.1, 0.15) is 0 Å². The highest BCUT2D eigenvalue weighted by atomic mass is 19.1. The van der Waals surface area contributed by atoms with Crippen LogP contribution in [0, 0.1) is 5.82 Å². The van der Waals surface area contributed by atoms with Gasteiger partial charge in [-0.1, -0.05) is 0 Å². The first-order valence-corrected chi connectivity index (χ1v) is 6.20. The zero-order chi connectivity index (χ0) is 13.7. The van der Waals surface area contributed by atoms with Gasteiger partial charge in [-0.05, 0) is 24.3 Å². The van der Waals surface area contributed by atoms with Gasteiger partial charge < -0.3 is 14.5 Å². The molecule has 19 heavy (non-hydrogen) atoms.